The second-order valence-corrected chi connectivity index (χ2v) is 4.14. The molecule has 22 heavy (non-hydrogen) atoms. The largest absolute Gasteiger partial charge is 0.390 e. The highest BCUT2D eigenvalue weighted by molar-refractivity contribution is 14.0. The molecule has 0 radical (unpaired) electrons. The zero-order chi connectivity index (χ0) is 15.9. The van der Waals surface area contributed by atoms with Gasteiger partial charge in [0.25, 0.3) is 5.69 Å². The minimum absolute atomic E-state index is 0. The third-order valence-corrected chi connectivity index (χ3v) is 2.51. The maximum absolute atomic E-state index is 12.0. The van der Waals surface area contributed by atoms with E-state index >= 15 is 0 Å². The average molecular weight is 432 g/mol. The van der Waals surface area contributed by atoms with Gasteiger partial charge in [-0.2, -0.15) is 13.2 Å². The van der Waals surface area contributed by atoms with Gasteiger partial charge in [-0.25, -0.2) is 0 Å². The summed E-state index contributed by atoms with van der Waals surface area (Å²) in [6.07, 6.45) is -5.20. The maximum atomic E-state index is 12.0. The van der Waals surface area contributed by atoms with E-state index in [1.165, 1.54) is 25.2 Å². The highest BCUT2D eigenvalue weighted by Gasteiger charge is 2.26. The van der Waals surface area contributed by atoms with Crippen molar-refractivity contribution >= 4 is 35.6 Å². The number of nitrogens with one attached hydrogen (secondary N) is 2. The second-order valence-electron chi connectivity index (χ2n) is 4.14. The lowest BCUT2D eigenvalue weighted by Crippen LogP contribution is -2.38. The molecule has 0 fully saturated rings. The lowest BCUT2D eigenvalue weighted by atomic mass is 10.2. The first-order valence-electron chi connectivity index (χ1n) is 6.06. The quantitative estimate of drug-likeness (QED) is 0.247. The van der Waals surface area contributed by atoms with Gasteiger partial charge in [-0.1, -0.05) is 12.1 Å². The van der Waals surface area contributed by atoms with Gasteiger partial charge in [0.05, 0.1) is 11.3 Å². The number of nitro groups is 1. The number of nitro benzene ring substituents is 1. The summed E-state index contributed by atoms with van der Waals surface area (Å²) in [5.41, 5.74) is 0.581. The van der Waals surface area contributed by atoms with Gasteiger partial charge in [0.15, 0.2) is 5.96 Å². The molecule has 0 aliphatic rings. The van der Waals surface area contributed by atoms with Gasteiger partial charge in [-0.15, -0.1) is 24.0 Å². The number of hydrogen-bond donors (Lipinski definition) is 2. The van der Waals surface area contributed by atoms with Crippen molar-refractivity contribution in [3.05, 3.63) is 39.9 Å². The third kappa shape index (κ3) is 8.00. The molecule has 10 heteroatoms. The molecule has 0 saturated heterocycles. The van der Waals surface area contributed by atoms with E-state index in [0.29, 0.717) is 5.56 Å². The number of hydrogen-bond acceptors (Lipinski definition) is 3. The normalized spacial score (nSPS) is 11.5. The van der Waals surface area contributed by atoms with E-state index in [1.807, 2.05) is 0 Å². The highest BCUT2D eigenvalue weighted by atomic mass is 127. The molecular formula is C12H16F3IN4O2. The summed E-state index contributed by atoms with van der Waals surface area (Å²) in [5, 5.41) is 15.9. The lowest BCUT2D eigenvalue weighted by Gasteiger charge is -2.12. The summed E-state index contributed by atoms with van der Waals surface area (Å²) in [4.78, 5) is 13.9. The van der Waals surface area contributed by atoms with Crippen molar-refractivity contribution in [1.29, 1.82) is 0 Å². The first-order chi connectivity index (χ1) is 9.81. The van der Waals surface area contributed by atoms with E-state index in [2.05, 4.69) is 15.6 Å². The number of guanidine groups is 1. The fraction of sp³-hybridized carbons (Fsp3) is 0.417. The number of halogens is 4. The molecule has 1 aromatic rings. The molecule has 124 valence electrons. The first-order valence-corrected chi connectivity index (χ1v) is 6.06. The van der Waals surface area contributed by atoms with Gasteiger partial charge in [-0.05, 0) is 5.56 Å². The van der Waals surface area contributed by atoms with E-state index in [0.717, 1.165) is 0 Å². The molecule has 1 aromatic carbocycles. The summed E-state index contributed by atoms with van der Waals surface area (Å²) in [7, 11) is 1.43. The molecule has 0 bridgehead atoms. The number of alkyl halides is 3. The minimum atomic E-state index is -4.23. The van der Waals surface area contributed by atoms with Crippen molar-refractivity contribution in [2.75, 3.05) is 13.6 Å². The second kappa shape index (κ2) is 9.43. The number of nitrogens with zero attached hydrogens (tertiary/aromatic N) is 2. The van der Waals surface area contributed by atoms with E-state index < -0.39 is 17.5 Å². The molecular weight excluding hydrogens is 416 g/mol. The van der Waals surface area contributed by atoms with Crippen molar-refractivity contribution < 1.29 is 18.1 Å². The van der Waals surface area contributed by atoms with Crippen molar-refractivity contribution in [3.8, 4) is 0 Å². The molecule has 2 N–H and O–H groups in total. The maximum Gasteiger partial charge on any atom is 0.390 e. The summed E-state index contributed by atoms with van der Waals surface area (Å²) in [6, 6.07) is 5.95. The van der Waals surface area contributed by atoms with Gasteiger partial charge < -0.3 is 10.6 Å². The van der Waals surface area contributed by atoms with Crippen LogP contribution in [0.5, 0.6) is 0 Å². The average Bonchev–Trinajstić information content (AvgIpc) is 2.41. The number of non-ortho nitro benzene ring substituents is 1. The van der Waals surface area contributed by atoms with Crippen LogP contribution in [0, 0.1) is 10.1 Å². The van der Waals surface area contributed by atoms with Crippen molar-refractivity contribution in [1.82, 2.24) is 10.6 Å². The van der Waals surface area contributed by atoms with Gasteiger partial charge in [0, 0.05) is 32.3 Å². The predicted molar refractivity (Wildman–Crippen MR) is 87.4 cm³/mol. The number of rotatable bonds is 5. The van der Waals surface area contributed by atoms with Crippen LogP contribution in [0.4, 0.5) is 18.9 Å². The fourth-order valence-corrected chi connectivity index (χ4v) is 1.51. The Hall–Kier alpha value is -1.59. The van der Waals surface area contributed by atoms with Crippen molar-refractivity contribution in [3.63, 3.8) is 0 Å². The zero-order valence-electron chi connectivity index (χ0n) is 11.7. The molecule has 0 aliphatic carbocycles. The Morgan fingerprint density at radius 2 is 2.05 bits per heavy atom. The van der Waals surface area contributed by atoms with Crippen LogP contribution in [-0.4, -0.2) is 30.7 Å². The first kappa shape index (κ1) is 20.4. The zero-order valence-corrected chi connectivity index (χ0v) is 14.0. The van der Waals surface area contributed by atoms with Crippen LogP contribution >= 0.6 is 24.0 Å². The molecule has 0 heterocycles. The van der Waals surface area contributed by atoms with Gasteiger partial charge in [0.2, 0.25) is 0 Å². The van der Waals surface area contributed by atoms with Crippen LogP contribution in [-0.2, 0) is 6.54 Å². The molecule has 0 aliphatic heterocycles. The summed E-state index contributed by atoms with van der Waals surface area (Å²) in [5.74, 6) is 0.200. The summed E-state index contributed by atoms with van der Waals surface area (Å²) < 4.78 is 36.1. The summed E-state index contributed by atoms with van der Waals surface area (Å²) in [6.45, 7) is -0.0779. The topological polar surface area (TPSA) is 79.6 Å². The van der Waals surface area contributed by atoms with Crippen molar-refractivity contribution in [2.24, 2.45) is 4.99 Å². The van der Waals surface area contributed by atoms with E-state index in [9.17, 15) is 23.3 Å². The molecule has 0 atom stereocenters. The Balaban J connectivity index is 0.00000441. The smallest absolute Gasteiger partial charge is 0.356 e. The molecule has 0 unspecified atom stereocenters. The SMILES string of the molecule is CN=C(NCCC(F)(F)F)NCc1cccc([N+](=O)[O-])c1.I. The lowest BCUT2D eigenvalue weighted by molar-refractivity contribution is -0.384. The Labute approximate surface area is 142 Å². The van der Waals surface area contributed by atoms with Crippen LogP contribution in [0.25, 0.3) is 0 Å². The fourth-order valence-electron chi connectivity index (χ4n) is 1.51. The van der Waals surface area contributed by atoms with Crippen LogP contribution in [0.15, 0.2) is 29.3 Å². The van der Waals surface area contributed by atoms with Crippen LogP contribution in [0.2, 0.25) is 0 Å². The third-order valence-electron chi connectivity index (χ3n) is 2.51. The highest BCUT2D eigenvalue weighted by Crippen LogP contribution is 2.18. The van der Waals surface area contributed by atoms with Crippen molar-refractivity contribution in [2.45, 2.75) is 19.1 Å². The molecule has 0 amide bonds. The number of aliphatic imine (C=N–C) groups is 1. The predicted octanol–water partition coefficient (Wildman–Crippen LogP) is 2.83. The monoisotopic (exact) mass is 432 g/mol. The number of benzene rings is 1. The molecule has 6 nitrogen and oxygen atoms in total. The van der Waals surface area contributed by atoms with Crippen LogP contribution in [0.1, 0.15) is 12.0 Å². The van der Waals surface area contributed by atoms with E-state index in [4.69, 9.17) is 0 Å². The summed E-state index contributed by atoms with van der Waals surface area (Å²) >= 11 is 0. The Morgan fingerprint density at radius 1 is 1.36 bits per heavy atom. The van der Waals surface area contributed by atoms with Crippen LogP contribution in [0.3, 0.4) is 0 Å². The Morgan fingerprint density at radius 3 is 2.59 bits per heavy atom. The molecule has 1 rings (SSSR count). The van der Waals surface area contributed by atoms with E-state index in [-0.39, 0.29) is 48.7 Å². The Kier molecular flexibility index (Phi) is 8.75. The van der Waals surface area contributed by atoms with Gasteiger partial charge >= 0.3 is 6.18 Å². The Bertz CT molecular complexity index is 523. The van der Waals surface area contributed by atoms with Gasteiger partial charge in [-0.3, -0.25) is 15.1 Å². The van der Waals surface area contributed by atoms with Gasteiger partial charge in [0.1, 0.15) is 0 Å². The van der Waals surface area contributed by atoms with Crippen LogP contribution < -0.4 is 10.6 Å². The molecule has 0 spiro atoms. The standard InChI is InChI=1S/C12H15F3N4O2.HI/c1-16-11(17-6-5-12(13,14)15)18-8-9-3-2-4-10(7-9)19(20)21;/h2-4,7H,5-6,8H2,1H3,(H2,16,17,18);1H. The molecule has 0 aromatic heterocycles. The minimum Gasteiger partial charge on any atom is -0.356 e. The van der Waals surface area contributed by atoms with E-state index in [1.54, 1.807) is 6.07 Å². The molecule has 0 saturated carbocycles.